The lowest BCUT2D eigenvalue weighted by molar-refractivity contribution is -0.142. The number of carbonyl (C=O) groups is 14. The number of aliphatic hydroxyl groups is 9. The molecule has 0 aliphatic heterocycles. The number of nitrogens with one attached hydrogen (secondary N) is 12. The van der Waals surface area contributed by atoms with Crippen LogP contribution in [-0.4, -0.2) is 293 Å². The Bertz CT molecular complexity index is 3640. The third-order valence-corrected chi connectivity index (χ3v) is 16.7. The number of hydrogen-bond donors (Lipinski definition) is 27. The van der Waals surface area contributed by atoms with Gasteiger partial charge in [0.25, 0.3) is 11.5 Å². The number of aliphatic hydroxyl groups excluding tert-OH is 9. The number of anilines is 2. The van der Waals surface area contributed by atoms with E-state index < -0.39 is 270 Å². The van der Waals surface area contributed by atoms with Crippen LogP contribution in [0.1, 0.15) is 132 Å². The Morgan fingerprint density at radius 3 is 1.15 bits per heavy atom. The highest BCUT2D eigenvalue weighted by molar-refractivity contribution is 7.80. The fourth-order valence-corrected chi connectivity index (χ4v) is 10.4. The number of nitrogens with two attached hydrogens (primary N) is 1. The number of hydrogen-bond acceptors (Lipinski definition) is 30. The average Bonchev–Trinajstić information content (AvgIpc) is 0.811. The Balaban J connectivity index is 1.99. The summed E-state index contributed by atoms with van der Waals surface area (Å²) >= 11 is 3.92. The molecule has 10 amide bonds. The number of thiol groups is 1. The van der Waals surface area contributed by atoms with E-state index in [1.807, 2.05) is 0 Å². The minimum Gasteiger partial charge on any atom is -0.481 e. The number of aromatic nitrogens is 4. The molecule has 44 nitrogen and oxygen atoms in total. The molecule has 0 saturated carbocycles. The molecule has 0 aliphatic rings. The van der Waals surface area contributed by atoms with E-state index in [4.69, 9.17) is 15.9 Å². The number of amides is 10. The van der Waals surface area contributed by atoms with Crippen LogP contribution in [0.5, 0.6) is 0 Å². The van der Waals surface area contributed by atoms with Gasteiger partial charge in [-0.25, -0.2) is 19.6 Å². The first-order chi connectivity index (χ1) is 52.0. The molecule has 27 N–H and O–H groups in total. The zero-order valence-electron chi connectivity index (χ0n) is 59.6. The van der Waals surface area contributed by atoms with Gasteiger partial charge in [-0.2, -0.15) is 17.6 Å². The predicted octanol–water partition coefficient (Wildman–Crippen LogP) is -8.30. The number of carbonyl (C=O) groups excluding carboxylic acids is 10. The van der Waals surface area contributed by atoms with Crippen molar-refractivity contribution in [3.8, 4) is 0 Å². The van der Waals surface area contributed by atoms with Crippen molar-refractivity contribution in [2.24, 2.45) is 0 Å². The third kappa shape index (κ3) is 36.7. The molecule has 13 atom stereocenters. The van der Waals surface area contributed by atoms with Crippen LogP contribution in [0, 0.1) is 0 Å². The first-order valence-electron chi connectivity index (χ1n) is 34.7. The Kier molecular flexibility index (Phi) is 42.3. The van der Waals surface area contributed by atoms with Crippen molar-refractivity contribution in [1.82, 2.24) is 73.1 Å². The molecule has 0 spiro atoms. The zero-order chi connectivity index (χ0) is 82.2. The molecule has 0 aliphatic carbocycles. The molecule has 45 heteroatoms. The highest BCUT2D eigenvalue weighted by Gasteiger charge is 2.35. The number of carboxylic acids is 4. The summed E-state index contributed by atoms with van der Waals surface area (Å²) in [4.78, 5) is 214. The summed E-state index contributed by atoms with van der Waals surface area (Å²) < 4.78 is 0. The van der Waals surface area contributed by atoms with E-state index in [-0.39, 0.29) is 87.4 Å². The number of aromatic amines is 1. The van der Waals surface area contributed by atoms with Crippen LogP contribution in [0.15, 0.2) is 35.3 Å². The number of nitrogens with zero attached hydrogens (tertiary/aromatic N) is 3. The van der Waals surface area contributed by atoms with Crippen molar-refractivity contribution < 1.29 is 134 Å². The van der Waals surface area contributed by atoms with Gasteiger partial charge < -0.3 is 131 Å². The zero-order valence-corrected chi connectivity index (χ0v) is 60.5. The van der Waals surface area contributed by atoms with Crippen molar-refractivity contribution in [2.75, 3.05) is 56.3 Å². The Morgan fingerprint density at radius 1 is 0.436 bits per heavy atom. The van der Waals surface area contributed by atoms with Crippen LogP contribution in [0.25, 0.3) is 11.2 Å². The molecule has 0 radical (unpaired) electrons. The lowest BCUT2D eigenvalue weighted by Crippen LogP contribution is -2.59. The molecule has 3 aromatic rings. The molecule has 0 unspecified atom stereocenters. The van der Waals surface area contributed by atoms with Crippen LogP contribution in [0.3, 0.4) is 0 Å². The molecular formula is C65H98N16O28S. The quantitative estimate of drug-likeness (QED) is 0.0233. The number of aliphatic carboxylic acids is 4. The summed E-state index contributed by atoms with van der Waals surface area (Å²) in [7, 11) is 0. The van der Waals surface area contributed by atoms with E-state index in [0.29, 0.717) is 11.4 Å². The first kappa shape index (κ1) is 93.8. The maximum absolute atomic E-state index is 14.6. The van der Waals surface area contributed by atoms with Gasteiger partial charge in [-0.3, -0.25) is 67.3 Å². The van der Waals surface area contributed by atoms with Gasteiger partial charge in [0.15, 0.2) is 11.2 Å². The van der Waals surface area contributed by atoms with Crippen molar-refractivity contribution in [3.05, 3.63) is 52.1 Å². The summed E-state index contributed by atoms with van der Waals surface area (Å²) in [5.41, 5.74) is 5.57. The van der Waals surface area contributed by atoms with E-state index in [9.17, 15) is 128 Å². The normalized spacial score (nSPS) is 14.7. The monoisotopic (exact) mass is 1580 g/mol. The van der Waals surface area contributed by atoms with Gasteiger partial charge in [-0.15, -0.1) is 0 Å². The highest BCUT2D eigenvalue weighted by Crippen LogP contribution is 2.16. The minimum atomic E-state index is -2.05. The molecule has 612 valence electrons. The number of benzene rings is 1. The topological polar surface area (TPSA) is 732 Å². The molecule has 2 aromatic heterocycles. The molecule has 1 aromatic carbocycles. The maximum atomic E-state index is 14.6. The van der Waals surface area contributed by atoms with Gasteiger partial charge in [-0.1, -0.05) is 0 Å². The van der Waals surface area contributed by atoms with Crippen LogP contribution >= 0.6 is 12.6 Å². The van der Waals surface area contributed by atoms with Gasteiger partial charge in [-0.05, 0) is 82.1 Å². The van der Waals surface area contributed by atoms with Crippen molar-refractivity contribution in [1.29, 1.82) is 0 Å². The van der Waals surface area contributed by atoms with E-state index in [0.717, 1.165) is 0 Å². The fraction of sp³-hybridized carbons (Fsp3) is 0.600. The van der Waals surface area contributed by atoms with Crippen LogP contribution in [0.4, 0.5) is 11.6 Å². The number of carboxylic acid groups (broad SMARTS) is 4. The van der Waals surface area contributed by atoms with Crippen molar-refractivity contribution in [3.63, 3.8) is 0 Å². The maximum Gasteiger partial charge on any atom is 0.327 e. The smallest absolute Gasteiger partial charge is 0.327 e. The summed E-state index contributed by atoms with van der Waals surface area (Å²) in [6.45, 7) is -2.72. The number of nitrogen functional groups attached to an aromatic ring is 1. The summed E-state index contributed by atoms with van der Waals surface area (Å²) in [5, 5.41) is 153. The first-order valence-corrected chi connectivity index (χ1v) is 35.4. The molecule has 0 fully saturated rings. The number of fused-ring (bicyclic) bond motifs is 1. The van der Waals surface area contributed by atoms with Crippen molar-refractivity contribution in [2.45, 2.75) is 201 Å². The van der Waals surface area contributed by atoms with Gasteiger partial charge in [0.2, 0.25) is 59.1 Å². The second-order valence-corrected chi connectivity index (χ2v) is 25.7. The lowest BCUT2D eigenvalue weighted by atomic mass is 10.0. The standard InChI is InChI=1S/C65H98N16O28S/c66-65-80-55-54(62(105)81-65)72-34(27-71-55)26-70-33-3-1-32(2-4-33)56(99)78-46(63(106)107)8-14-51(94)73-41(5-11-48(91)67-20-17-35(85)23-38(88)28-82)57(100)76-44(9-15-52(95)96)59(102)74-42(6-12-49(92)68-21-18-36(86)24-39(89)29-83)58(101)77-45(10-16-53(97)98)60(103)75-43(61(104)79-47(31-110)64(108)109)7-13-50(93)69-22-19-37(87)25-40(90)30-84/h1-4,27,35-47,70,82-90,110H,5-26,28-31H2,(H,67,91)(H,68,92)(H,69,93)(H,73,94)(H,74,102)(H,75,103)(H,76,100)(H,77,101)(H,78,99)(H,79,104)(H,95,96)(H,97,98)(H,106,107)(H,108,109)(H3,66,71,80,81,105)/t35-,36-,37-,38+,39+,40+,41+,42+,43+,44-,45-,46+,47-/m1/s1. The van der Waals surface area contributed by atoms with Crippen molar-refractivity contribution >= 4 is 118 Å². The molecule has 2 heterocycles. The van der Waals surface area contributed by atoms with Gasteiger partial charge >= 0.3 is 23.9 Å². The Hall–Kier alpha value is -10.4. The molecule has 0 bridgehead atoms. The Labute approximate surface area is 632 Å². The SMILES string of the molecule is Nc1nc2ncc(CNc3ccc(C(=O)N[C@@H](CCC(=O)N[C@@H](CCC(=O)NCC[C@@H](O)C[C@H](O)CO)C(=O)N[C@H](CCC(=O)O)C(=O)N[C@@H](CCC(=O)NCC[C@@H](O)C[C@H](O)CO)C(=O)N[C@H](CCC(=O)O)C(=O)N[C@@H](CCC(=O)NCC[C@@H](O)C[C@H](O)CO)C(=O)N[C@H](CS)C(=O)O)C(=O)O)cc3)nc2c(=O)[nH]1. The second-order valence-electron chi connectivity index (χ2n) is 25.3. The van der Waals surface area contributed by atoms with Crippen LogP contribution in [-0.2, 0) is 68.9 Å². The van der Waals surface area contributed by atoms with Gasteiger partial charge in [0, 0.05) is 94.4 Å². The van der Waals surface area contributed by atoms with Gasteiger partial charge in [0.05, 0.1) is 74.9 Å². The summed E-state index contributed by atoms with van der Waals surface area (Å²) in [6, 6.07) is -7.80. The fourth-order valence-electron chi connectivity index (χ4n) is 10.2. The van der Waals surface area contributed by atoms with E-state index in [1.165, 1.54) is 30.5 Å². The second kappa shape index (κ2) is 49.6. The number of H-pyrrole nitrogens is 1. The summed E-state index contributed by atoms with van der Waals surface area (Å²) in [5.74, 6) is -18.3. The Morgan fingerprint density at radius 2 is 0.791 bits per heavy atom. The number of rotatable bonds is 55. The molecular weight excluding hydrogens is 1480 g/mol. The third-order valence-electron chi connectivity index (χ3n) is 16.3. The highest BCUT2D eigenvalue weighted by atomic mass is 32.1. The van der Waals surface area contributed by atoms with E-state index >= 15 is 0 Å². The van der Waals surface area contributed by atoms with Gasteiger partial charge in [0.1, 0.15) is 42.3 Å². The largest absolute Gasteiger partial charge is 0.481 e. The molecule has 0 saturated heterocycles. The lowest BCUT2D eigenvalue weighted by Gasteiger charge is -2.27. The minimum absolute atomic E-state index is 0.00858. The average molecular weight is 1580 g/mol. The van der Waals surface area contributed by atoms with E-state index in [1.54, 1.807) is 0 Å². The molecule has 110 heavy (non-hydrogen) atoms. The van der Waals surface area contributed by atoms with Crippen LogP contribution in [0.2, 0.25) is 0 Å². The molecule has 3 rings (SSSR count). The van der Waals surface area contributed by atoms with Crippen LogP contribution < -0.4 is 69.8 Å². The summed E-state index contributed by atoms with van der Waals surface area (Å²) in [6.07, 6.45) is -16.4. The predicted molar refractivity (Wildman–Crippen MR) is 383 cm³/mol. The van der Waals surface area contributed by atoms with E-state index in [2.05, 4.69) is 91.0 Å².